The Morgan fingerprint density at radius 2 is 1.90 bits per heavy atom. The minimum Gasteiger partial charge on any atom is -0.454 e. The van der Waals surface area contributed by atoms with Crippen molar-refractivity contribution in [1.82, 2.24) is 10.2 Å². The number of amides is 3. The van der Waals surface area contributed by atoms with Crippen LogP contribution in [0.2, 0.25) is 5.02 Å². The lowest BCUT2D eigenvalue weighted by molar-refractivity contribution is -0.121. The molecule has 1 fully saturated rings. The van der Waals surface area contributed by atoms with Gasteiger partial charge in [0.25, 0.3) is 0 Å². The summed E-state index contributed by atoms with van der Waals surface area (Å²) < 4.78 is 10.7. The fraction of sp³-hybridized carbons (Fsp3) is 0.391. The molecule has 2 aromatic rings. The van der Waals surface area contributed by atoms with Gasteiger partial charge >= 0.3 is 6.03 Å². The third-order valence-electron chi connectivity index (χ3n) is 5.61. The van der Waals surface area contributed by atoms with Crippen LogP contribution in [0.5, 0.6) is 11.5 Å². The van der Waals surface area contributed by atoms with Gasteiger partial charge in [0.05, 0.1) is 0 Å². The van der Waals surface area contributed by atoms with Gasteiger partial charge < -0.3 is 25.0 Å². The Morgan fingerprint density at radius 1 is 1.10 bits per heavy atom. The highest BCUT2D eigenvalue weighted by Crippen LogP contribution is 2.32. The first kappa shape index (κ1) is 21.3. The Balaban J connectivity index is 1.19. The lowest BCUT2D eigenvalue weighted by Gasteiger charge is -2.32. The van der Waals surface area contributed by atoms with Crippen molar-refractivity contribution in [2.45, 2.75) is 32.2 Å². The van der Waals surface area contributed by atoms with E-state index in [0.717, 1.165) is 42.8 Å². The molecule has 0 aliphatic carbocycles. The van der Waals surface area contributed by atoms with Crippen LogP contribution >= 0.6 is 11.6 Å². The molecule has 31 heavy (non-hydrogen) atoms. The van der Waals surface area contributed by atoms with E-state index in [1.54, 1.807) is 24.3 Å². The van der Waals surface area contributed by atoms with Crippen molar-refractivity contribution < 1.29 is 19.1 Å². The van der Waals surface area contributed by atoms with E-state index in [4.69, 9.17) is 21.1 Å². The Labute approximate surface area is 186 Å². The highest BCUT2D eigenvalue weighted by Gasteiger charge is 2.24. The third-order valence-corrected chi connectivity index (χ3v) is 5.86. The molecular formula is C23H26ClN3O4. The van der Waals surface area contributed by atoms with Crippen LogP contribution in [0, 0.1) is 5.92 Å². The van der Waals surface area contributed by atoms with Crippen molar-refractivity contribution in [1.29, 1.82) is 0 Å². The van der Waals surface area contributed by atoms with E-state index >= 15 is 0 Å². The predicted octanol–water partition coefficient (Wildman–Crippen LogP) is 4.41. The van der Waals surface area contributed by atoms with E-state index in [9.17, 15) is 9.59 Å². The maximum absolute atomic E-state index is 12.6. The second-order valence-corrected chi connectivity index (χ2v) is 8.33. The number of anilines is 1. The monoisotopic (exact) mass is 443 g/mol. The highest BCUT2D eigenvalue weighted by atomic mass is 35.5. The van der Waals surface area contributed by atoms with Gasteiger partial charge in [0.1, 0.15) is 0 Å². The summed E-state index contributed by atoms with van der Waals surface area (Å²) in [5.74, 6) is 1.78. The summed E-state index contributed by atoms with van der Waals surface area (Å²) in [6, 6.07) is 12.6. The molecule has 2 heterocycles. The summed E-state index contributed by atoms with van der Waals surface area (Å²) >= 11 is 5.89. The van der Waals surface area contributed by atoms with Crippen molar-refractivity contribution >= 4 is 29.2 Å². The Hall–Kier alpha value is -2.93. The van der Waals surface area contributed by atoms with E-state index < -0.39 is 0 Å². The molecule has 2 aliphatic rings. The number of benzene rings is 2. The molecule has 4 rings (SSSR count). The normalized spacial score (nSPS) is 17.3. The predicted molar refractivity (Wildman–Crippen MR) is 118 cm³/mol. The molecule has 0 spiro atoms. The largest absolute Gasteiger partial charge is 0.454 e. The van der Waals surface area contributed by atoms with Gasteiger partial charge in [-0.3, -0.25) is 4.79 Å². The first-order chi connectivity index (χ1) is 15.1. The van der Waals surface area contributed by atoms with Gasteiger partial charge in [0.15, 0.2) is 11.5 Å². The molecule has 0 radical (unpaired) electrons. The number of piperidine rings is 1. The average molecular weight is 444 g/mol. The maximum atomic E-state index is 12.6. The van der Waals surface area contributed by atoms with Crippen molar-refractivity contribution in [3.05, 3.63) is 53.1 Å². The zero-order valence-corrected chi connectivity index (χ0v) is 18.0. The SMILES string of the molecule is O=C(CCC1CCCN(C(=O)Nc2ccc(Cl)cc2)C1)NCc1ccc2c(c1)OCO2. The highest BCUT2D eigenvalue weighted by molar-refractivity contribution is 6.30. The standard InChI is InChI=1S/C23H26ClN3O4/c24-18-5-7-19(8-6-18)26-23(29)27-11-1-2-16(14-27)4-10-22(28)25-13-17-3-9-20-21(12-17)31-15-30-20/h3,5-9,12,16H,1-2,4,10-11,13-15H2,(H,25,28)(H,26,29). The summed E-state index contributed by atoms with van der Waals surface area (Å²) in [4.78, 5) is 26.7. The molecule has 0 saturated carbocycles. The Morgan fingerprint density at radius 3 is 2.74 bits per heavy atom. The topological polar surface area (TPSA) is 79.9 Å². The van der Waals surface area contributed by atoms with Gasteiger partial charge in [-0.05, 0) is 67.1 Å². The molecule has 7 nitrogen and oxygen atoms in total. The van der Waals surface area contributed by atoms with Gasteiger partial charge in [-0.25, -0.2) is 4.79 Å². The number of carbonyl (C=O) groups excluding carboxylic acids is 2. The number of hydrogen-bond donors (Lipinski definition) is 2. The zero-order valence-electron chi connectivity index (χ0n) is 17.2. The number of nitrogens with zero attached hydrogens (tertiary/aromatic N) is 1. The smallest absolute Gasteiger partial charge is 0.321 e. The maximum Gasteiger partial charge on any atom is 0.321 e. The molecule has 164 valence electrons. The molecule has 2 aromatic carbocycles. The summed E-state index contributed by atoms with van der Waals surface area (Å²) in [7, 11) is 0. The number of rotatable bonds is 6. The van der Waals surface area contributed by atoms with E-state index in [1.165, 1.54) is 0 Å². The molecule has 2 N–H and O–H groups in total. The summed E-state index contributed by atoms with van der Waals surface area (Å²) in [6.45, 7) is 2.08. The molecule has 0 aromatic heterocycles. The van der Waals surface area contributed by atoms with E-state index in [1.807, 2.05) is 23.1 Å². The molecule has 8 heteroatoms. The molecular weight excluding hydrogens is 418 g/mol. The van der Waals surface area contributed by atoms with Crippen molar-refractivity contribution in [3.63, 3.8) is 0 Å². The Bertz CT molecular complexity index is 935. The zero-order chi connectivity index (χ0) is 21.6. The minimum atomic E-state index is -0.112. The molecule has 2 aliphatic heterocycles. The summed E-state index contributed by atoms with van der Waals surface area (Å²) in [5, 5.41) is 6.50. The van der Waals surface area contributed by atoms with Crippen LogP contribution in [-0.2, 0) is 11.3 Å². The second-order valence-electron chi connectivity index (χ2n) is 7.89. The Kier molecular flexibility index (Phi) is 6.82. The van der Waals surface area contributed by atoms with E-state index in [0.29, 0.717) is 36.2 Å². The first-order valence-electron chi connectivity index (χ1n) is 10.5. The summed E-state index contributed by atoms with van der Waals surface area (Å²) in [6.07, 6.45) is 3.18. The van der Waals surface area contributed by atoms with Crippen LogP contribution in [-0.4, -0.2) is 36.7 Å². The van der Waals surface area contributed by atoms with Crippen LogP contribution in [0.15, 0.2) is 42.5 Å². The lowest BCUT2D eigenvalue weighted by atomic mass is 9.93. The van der Waals surface area contributed by atoms with Crippen LogP contribution in [0.4, 0.5) is 10.5 Å². The molecule has 1 saturated heterocycles. The number of hydrogen-bond acceptors (Lipinski definition) is 4. The number of carbonyl (C=O) groups is 2. The first-order valence-corrected chi connectivity index (χ1v) is 10.9. The second kappa shape index (κ2) is 9.92. The van der Waals surface area contributed by atoms with Crippen LogP contribution < -0.4 is 20.1 Å². The lowest BCUT2D eigenvalue weighted by Crippen LogP contribution is -2.42. The number of urea groups is 1. The molecule has 1 atom stereocenters. The quantitative estimate of drug-likeness (QED) is 0.693. The van der Waals surface area contributed by atoms with Gasteiger partial charge in [0.2, 0.25) is 12.7 Å². The van der Waals surface area contributed by atoms with Gasteiger partial charge in [-0.1, -0.05) is 17.7 Å². The van der Waals surface area contributed by atoms with Crippen molar-refractivity contribution in [2.75, 3.05) is 25.2 Å². The van der Waals surface area contributed by atoms with Crippen LogP contribution in [0.3, 0.4) is 0 Å². The van der Waals surface area contributed by atoms with Gasteiger partial charge in [-0.15, -0.1) is 0 Å². The van der Waals surface area contributed by atoms with E-state index in [-0.39, 0.29) is 18.7 Å². The fourth-order valence-corrected chi connectivity index (χ4v) is 4.02. The van der Waals surface area contributed by atoms with Crippen LogP contribution in [0.25, 0.3) is 0 Å². The fourth-order valence-electron chi connectivity index (χ4n) is 3.90. The van der Waals surface area contributed by atoms with E-state index in [2.05, 4.69) is 10.6 Å². The van der Waals surface area contributed by atoms with Crippen LogP contribution in [0.1, 0.15) is 31.2 Å². The summed E-state index contributed by atoms with van der Waals surface area (Å²) in [5.41, 5.74) is 1.69. The van der Waals surface area contributed by atoms with Gasteiger partial charge in [0, 0.05) is 36.8 Å². The minimum absolute atomic E-state index is 0.0143. The molecule has 1 unspecified atom stereocenters. The number of ether oxygens (including phenoxy) is 2. The van der Waals surface area contributed by atoms with Crippen molar-refractivity contribution in [3.8, 4) is 11.5 Å². The third kappa shape index (κ3) is 5.82. The van der Waals surface area contributed by atoms with Gasteiger partial charge in [-0.2, -0.15) is 0 Å². The molecule has 3 amide bonds. The number of halogens is 1. The average Bonchev–Trinajstić information content (AvgIpc) is 3.26. The van der Waals surface area contributed by atoms with Crippen molar-refractivity contribution in [2.24, 2.45) is 5.92 Å². The number of nitrogens with one attached hydrogen (secondary N) is 2. The number of likely N-dealkylation sites (tertiary alicyclic amines) is 1. The number of fused-ring (bicyclic) bond motifs is 1. The molecule has 0 bridgehead atoms.